The molecule has 2 N–H and O–H groups in total. The van der Waals surface area contributed by atoms with Gasteiger partial charge in [-0.3, -0.25) is 4.90 Å². The lowest BCUT2D eigenvalue weighted by molar-refractivity contribution is 0.221. The number of nitrogens with zero attached hydrogens (tertiary/aromatic N) is 1. The molecule has 1 aliphatic heterocycles. The van der Waals surface area contributed by atoms with Crippen molar-refractivity contribution >= 4 is 0 Å². The van der Waals surface area contributed by atoms with E-state index in [4.69, 9.17) is 10.2 Å². The summed E-state index contributed by atoms with van der Waals surface area (Å²) in [6, 6.07) is 10.6. The molecule has 0 amide bonds. The van der Waals surface area contributed by atoms with E-state index < -0.39 is 0 Å². The van der Waals surface area contributed by atoms with Gasteiger partial charge in [0.05, 0.1) is 12.8 Å². The van der Waals surface area contributed by atoms with Crippen LogP contribution in [0.5, 0.6) is 0 Å². The fraction of sp³-hybridized carbons (Fsp3) is 0.333. The number of hydrogen-bond acceptors (Lipinski definition) is 3. The first-order valence-corrected chi connectivity index (χ1v) is 6.41. The van der Waals surface area contributed by atoms with Crippen LogP contribution in [0.25, 0.3) is 0 Å². The van der Waals surface area contributed by atoms with Gasteiger partial charge in [-0.15, -0.1) is 0 Å². The molecule has 0 fully saturated rings. The molecule has 0 saturated heterocycles. The molecule has 3 nitrogen and oxygen atoms in total. The van der Waals surface area contributed by atoms with Crippen LogP contribution in [0.3, 0.4) is 0 Å². The predicted octanol–water partition coefficient (Wildman–Crippen LogP) is 2.30. The second-order valence-corrected chi connectivity index (χ2v) is 4.81. The first kappa shape index (κ1) is 11.5. The Kier molecular flexibility index (Phi) is 3.17. The van der Waals surface area contributed by atoms with Crippen molar-refractivity contribution in [3.63, 3.8) is 0 Å². The standard InChI is InChI=1S/C15H18N2O/c16-8-13-11-18-15-10-17(7-6-14(13)15)9-12-4-2-1-3-5-12/h1-5,11H,6-10,16H2. The van der Waals surface area contributed by atoms with Crippen LogP contribution >= 0.6 is 0 Å². The minimum atomic E-state index is 0.581. The summed E-state index contributed by atoms with van der Waals surface area (Å²) in [5, 5.41) is 0. The van der Waals surface area contributed by atoms with Crippen molar-refractivity contribution in [2.24, 2.45) is 5.73 Å². The maximum Gasteiger partial charge on any atom is 0.121 e. The van der Waals surface area contributed by atoms with Gasteiger partial charge < -0.3 is 10.2 Å². The molecule has 2 aromatic rings. The highest BCUT2D eigenvalue weighted by Gasteiger charge is 2.21. The summed E-state index contributed by atoms with van der Waals surface area (Å²) < 4.78 is 5.62. The van der Waals surface area contributed by atoms with E-state index in [0.29, 0.717) is 6.54 Å². The monoisotopic (exact) mass is 242 g/mol. The van der Waals surface area contributed by atoms with Crippen LogP contribution < -0.4 is 5.73 Å². The molecule has 0 unspecified atom stereocenters. The molecule has 0 radical (unpaired) electrons. The summed E-state index contributed by atoms with van der Waals surface area (Å²) >= 11 is 0. The maximum absolute atomic E-state index is 5.70. The van der Waals surface area contributed by atoms with Crippen LogP contribution in [0, 0.1) is 0 Å². The zero-order chi connectivity index (χ0) is 12.4. The molecule has 0 saturated carbocycles. The molecule has 3 rings (SSSR count). The summed E-state index contributed by atoms with van der Waals surface area (Å²) in [7, 11) is 0. The van der Waals surface area contributed by atoms with Crippen LogP contribution in [0.1, 0.15) is 22.5 Å². The molecule has 0 aliphatic carbocycles. The Morgan fingerprint density at radius 1 is 1.22 bits per heavy atom. The first-order chi connectivity index (χ1) is 8.86. The molecule has 94 valence electrons. The van der Waals surface area contributed by atoms with Gasteiger partial charge in [0, 0.05) is 30.8 Å². The third-order valence-electron chi connectivity index (χ3n) is 3.58. The Balaban J connectivity index is 1.72. The van der Waals surface area contributed by atoms with E-state index in [9.17, 15) is 0 Å². The fourth-order valence-corrected chi connectivity index (χ4v) is 2.60. The van der Waals surface area contributed by atoms with Crippen molar-refractivity contribution < 1.29 is 4.42 Å². The van der Waals surface area contributed by atoms with E-state index >= 15 is 0 Å². The van der Waals surface area contributed by atoms with Gasteiger partial charge in [0.1, 0.15) is 5.76 Å². The number of rotatable bonds is 3. The van der Waals surface area contributed by atoms with Crippen LogP contribution in [0.4, 0.5) is 0 Å². The van der Waals surface area contributed by atoms with Gasteiger partial charge in [0.15, 0.2) is 0 Å². The zero-order valence-corrected chi connectivity index (χ0v) is 10.4. The van der Waals surface area contributed by atoms with E-state index in [-0.39, 0.29) is 0 Å². The lowest BCUT2D eigenvalue weighted by atomic mass is 10.0. The number of furan rings is 1. The molecule has 3 heteroatoms. The van der Waals surface area contributed by atoms with E-state index in [0.717, 1.165) is 31.8 Å². The average molecular weight is 242 g/mol. The Morgan fingerprint density at radius 2 is 2.06 bits per heavy atom. The van der Waals surface area contributed by atoms with Gasteiger partial charge in [-0.2, -0.15) is 0 Å². The highest BCUT2D eigenvalue weighted by molar-refractivity contribution is 5.30. The minimum absolute atomic E-state index is 0.581. The van der Waals surface area contributed by atoms with Crippen molar-refractivity contribution in [2.45, 2.75) is 26.1 Å². The quantitative estimate of drug-likeness (QED) is 0.898. The molecule has 0 spiro atoms. The van der Waals surface area contributed by atoms with E-state index in [2.05, 4.69) is 35.2 Å². The van der Waals surface area contributed by atoms with Gasteiger partial charge in [-0.1, -0.05) is 30.3 Å². The van der Waals surface area contributed by atoms with Gasteiger partial charge in [-0.25, -0.2) is 0 Å². The minimum Gasteiger partial charge on any atom is -0.467 e. The normalized spacial score (nSPS) is 15.6. The predicted molar refractivity (Wildman–Crippen MR) is 70.9 cm³/mol. The van der Waals surface area contributed by atoms with Crippen molar-refractivity contribution in [1.29, 1.82) is 0 Å². The smallest absolute Gasteiger partial charge is 0.121 e. The average Bonchev–Trinajstić information content (AvgIpc) is 2.82. The second-order valence-electron chi connectivity index (χ2n) is 4.81. The topological polar surface area (TPSA) is 42.4 Å². The zero-order valence-electron chi connectivity index (χ0n) is 10.4. The third kappa shape index (κ3) is 2.19. The molecular weight excluding hydrogens is 224 g/mol. The van der Waals surface area contributed by atoms with Crippen molar-refractivity contribution in [1.82, 2.24) is 4.90 Å². The molecular formula is C15H18N2O. The van der Waals surface area contributed by atoms with Crippen LogP contribution in [0.15, 0.2) is 41.0 Å². The van der Waals surface area contributed by atoms with E-state index in [1.165, 1.54) is 16.7 Å². The summed E-state index contributed by atoms with van der Waals surface area (Å²) in [4.78, 5) is 2.42. The van der Waals surface area contributed by atoms with Crippen molar-refractivity contribution in [3.8, 4) is 0 Å². The molecule has 1 aromatic heterocycles. The summed E-state index contributed by atoms with van der Waals surface area (Å²) in [5.74, 6) is 1.10. The van der Waals surface area contributed by atoms with E-state index in [1.807, 2.05) is 6.26 Å². The van der Waals surface area contributed by atoms with Crippen molar-refractivity contribution in [2.75, 3.05) is 6.54 Å². The number of fused-ring (bicyclic) bond motifs is 1. The van der Waals surface area contributed by atoms with Crippen LogP contribution in [-0.2, 0) is 26.1 Å². The maximum atomic E-state index is 5.70. The van der Waals surface area contributed by atoms with Crippen LogP contribution in [0.2, 0.25) is 0 Å². The fourth-order valence-electron chi connectivity index (χ4n) is 2.60. The number of benzene rings is 1. The van der Waals surface area contributed by atoms with Gasteiger partial charge >= 0.3 is 0 Å². The Labute approximate surface area is 107 Å². The Hall–Kier alpha value is -1.58. The van der Waals surface area contributed by atoms with Crippen LogP contribution in [-0.4, -0.2) is 11.4 Å². The lowest BCUT2D eigenvalue weighted by Crippen LogP contribution is -2.29. The third-order valence-corrected chi connectivity index (χ3v) is 3.58. The molecule has 2 heterocycles. The summed E-state index contributed by atoms with van der Waals surface area (Å²) in [6.45, 7) is 3.54. The first-order valence-electron chi connectivity index (χ1n) is 6.41. The SMILES string of the molecule is NCc1coc2c1CCN(Cc1ccccc1)C2. The lowest BCUT2D eigenvalue weighted by Gasteiger charge is -2.26. The molecule has 1 aliphatic rings. The second kappa shape index (κ2) is 4.96. The molecule has 18 heavy (non-hydrogen) atoms. The number of nitrogens with two attached hydrogens (primary N) is 1. The highest BCUT2D eigenvalue weighted by atomic mass is 16.3. The van der Waals surface area contributed by atoms with Gasteiger partial charge in [0.25, 0.3) is 0 Å². The molecule has 0 atom stereocenters. The largest absolute Gasteiger partial charge is 0.467 e. The summed E-state index contributed by atoms with van der Waals surface area (Å²) in [5.41, 5.74) is 9.56. The molecule has 0 bridgehead atoms. The highest BCUT2D eigenvalue weighted by Crippen LogP contribution is 2.25. The van der Waals surface area contributed by atoms with Crippen molar-refractivity contribution in [3.05, 3.63) is 59.0 Å². The summed E-state index contributed by atoms with van der Waals surface area (Å²) in [6.07, 6.45) is 2.86. The van der Waals surface area contributed by atoms with Gasteiger partial charge in [-0.05, 0) is 12.0 Å². The van der Waals surface area contributed by atoms with E-state index in [1.54, 1.807) is 0 Å². The number of hydrogen-bond donors (Lipinski definition) is 1. The molecule has 1 aromatic carbocycles. The van der Waals surface area contributed by atoms with Gasteiger partial charge in [0.2, 0.25) is 0 Å². The Morgan fingerprint density at radius 3 is 2.83 bits per heavy atom. The Bertz CT molecular complexity index is 519.